The first-order valence-corrected chi connectivity index (χ1v) is 12.1. The fraction of sp³-hybridized carbons (Fsp3) is 0.200. The number of esters is 2. The Morgan fingerprint density at radius 2 is 1.84 bits per heavy atom. The van der Waals surface area contributed by atoms with Gasteiger partial charge in [-0.2, -0.15) is 5.26 Å². The Balaban J connectivity index is 1.49. The van der Waals surface area contributed by atoms with E-state index in [9.17, 15) is 14.9 Å². The van der Waals surface area contributed by atoms with Crippen LogP contribution in [0.1, 0.15) is 42.0 Å². The summed E-state index contributed by atoms with van der Waals surface area (Å²) in [5, 5.41) is 12.5. The number of dihydropyridines is 1. The monoisotopic (exact) mass is 508 g/mol. The minimum Gasteiger partial charge on any atom is -0.466 e. The molecule has 0 amide bonds. The molecule has 0 radical (unpaired) electrons. The number of ether oxygens (including phenoxy) is 2. The molecule has 38 heavy (non-hydrogen) atoms. The third kappa shape index (κ3) is 5.90. The van der Waals surface area contributed by atoms with Crippen molar-refractivity contribution in [3.05, 3.63) is 118 Å². The standard InChI is InChI=1S/C30H28N4O4/c1-20-26(29(35)37-3)28(25-8-4-6-24(16-25)17-31)27(21(2)33-20)30(36)38-15-5-7-22-9-11-23(12-10-22)18-34-14-13-32-19-34/h4-14,16,19,28,33H,15,18H2,1-3H3. The van der Waals surface area contributed by atoms with E-state index < -0.39 is 17.9 Å². The van der Waals surface area contributed by atoms with Crippen molar-refractivity contribution in [2.75, 3.05) is 13.7 Å². The maximum atomic E-state index is 13.3. The van der Waals surface area contributed by atoms with Crippen molar-refractivity contribution in [3.63, 3.8) is 0 Å². The van der Waals surface area contributed by atoms with Crippen molar-refractivity contribution in [1.29, 1.82) is 5.26 Å². The van der Waals surface area contributed by atoms with Gasteiger partial charge in [-0.25, -0.2) is 14.6 Å². The van der Waals surface area contributed by atoms with Gasteiger partial charge in [-0.3, -0.25) is 0 Å². The Hall–Kier alpha value is -4.90. The van der Waals surface area contributed by atoms with Crippen molar-refractivity contribution in [3.8, 4) is 6.07 Å². The molecule has 192 valence electrons. The van der Waals surface area contributed by atoms with Crippen LogP contribution in [0.25, 0.3) is 6.08 Å². The fourth-order valence-corrected chi connectivity index (χ4v) is 4.48. The molecule has 8 heteroatoms. The second kappa shape index (κ2) is 11.9. The van der Waals surface area contributed by atoms with Gasteiger partial charge in [0.25, 0.3) is 0 Å². The molecule has 4 rings (SSSR count). The molecular formula is C30H28N4O4. The highest BCUT2D eigenvalue weighted by Crippen LogP contribution is 2.39. The maximum Gasteiger partial charge on any atom is 0.337 e. The summed E-state index contributed by atoms with van der Waals surface area (Å²) in [5.74, 6) is -1.86. The number of carbonyl (C=O) groups excluding carboxylic acids is 2. The number of hydrogen-bond donors (Lipinski definition) is 1. The lowest BCUT2D eigenvalue weighted by atomic mass is 9.80. The van der Waals surface area contributed by atoms with E-state index >= 15 is 0 Å². The lowest BCUT2D eigenvalue weighted by Crippen LogP contribution is -2.32. The summed E-state index contributed by atoms with van der Waals surface area (Å²) in [4.78, 5) is 30.1. The number of allylic oxidation sites excluding steroid dienone is 2. The van der Waals surface area contributed by atoms with Gasteiger partial charge in [-0.1, -0.05) is 42.5 Å². The molecule has 0 fully saturated rings. The zero-order valence-electron chi connectivity index (χ0n) is 21.5. The molecular weight excluding hydrogens is 480 g/mol. The van der Waals surface area contributed by atoms with Crippen molar-refractivity contribution in [2.45, 2.75) is 26.3 Å². The number of imidazole rings is 1. The van der Waals surface area contributed by atoms with E-state index in [2.05, 4.69) is 16.4 Å². The average Bonchev–Trinajstić information content (AvgIpc) is 3.44. The summed E-state index contributed by atoms with van der Waals surface area (Å²) in [6.07, 6.45) is 9.09. The van der Waals surface area contributed by atoms with Crippen LogP contribution < -0.4 is 5.32 Å². The molecule has 1 aliphatic heterocycles. The molecule has 8 nitrogen and oxygen atoms in total. The van der Waals surface area contributed by atoms with E-state index in [0.717, 1.165) is 17.7 Å². The molecule has 1 unspecified atom stereocenters. The summed E-state index contributed by atoms with van der Waals surface area (Å²) in [7, 11) is 1.30. The summed E-state index contributed by atoms with van der Waals surface area (Å²) < 4.78 is 12.6. The predicted octanol–water partition coefficient (Wildman–Crippen LogP) is 4.47. The van der Waals surface area contributed by atoms with Gasteiger partial charge >= 0.3 is 11.9 Å². The topological polar surface area (TPSA) is 106 Å². The van der Waals surface area contributed by atoms with Crippen molar-refractivity contribution in [1.82, 2.24) is 14.9 Å². The summed E-state index contributed by atoms with van der Waals surface area (Å²) in [6.45, 7) is 4.30. The van der Waals surface area contributed by atoms with Crippen LogP contribution in [0.2, 0.25) is 0 Å². The Morgan fingerprint density at radius 3 is 2.50 bits per heavy atom. The van der Waals surface area contributed by atoms with E-state index in [1.54, 1.807) is 56.7 Å². The van der Waals surface area contributed by atoms with Gasteiger partial charge in [-0.05, 0) is 48.7 Å². The van der Waals surface area contributed by atoms with Gasteiger partial charge in [0.15, 0.2) is 0 Å². The van der Waals surface area contributed by atoms with E-state index in [1.165, 1.54) is 7.11 Å². The number of nitriles is 1. The summed E-state index contributed by atoms with van der Waals surface area (Å²) in [5.41, 5.74) is 4.92. The molecule has 2 aromatic carbocycles. The fourth-order valence-electron chi connectivity index (χ4n) is 4.48. The van der Waals surface area contributed by atoms with E-state index in [-0.39, 0.29) is 6.61 Å². The first-order valence-electron chi connectivity index (χ1n) is 12.1. The average molecular weight is 509 g/mol. The van der Waals surface area contributed by atoms with Gasteiger partial charge < -0.3 is 19.4 Å². The minimum atomic E-state index is -0.739. The van der Waals surface area contributed by atoms with Crippen molar-refractivity contribution < 1.29 is 19.1 Å². The van der Waals surface area contributed by atoms with Crippen molar-refractivity contribution in [2.24, 2.45) is 0 Å². The number of rotatable bonds is 8. The molecule has 1 atom stereocenters. The Morgan fingerprint density at radius 1 is 1.11 bits per heavy atom. The number of hydrogen-bond acceptors (Lipinski definition) is 7. The van der Waals surface area contributed by atoms with Gasteiger partial charge in [0.05, 0.1) is 42.1 Å². The zero-order chi connectivity index (χ0) is 27.1. The van der Waals surface area contributed by atoms with Crippen molar-refractivity contribution >= 4 is 18.0 Å². The molecule has 3 aromatic rings. The zero-order valence-corrected chi connectivity index (χ0v) is 21.5. The normalized spacial score (nSPS) is 15.3. The predicted molar refractivity (Wildman–Crippen MR) is 142 cm³/mol. The molecule has 1 N–H and O–H groups in total. The number of carbonyl (C=O) groups is 2. The Kier molecular flexibility index (Phi) is 8.19. The van der Waals surface area contributed by atoms with Gasteiger partial charge in [0.1, 0.15) is 6.61 Å². The van der Waals surface area contributed by atoms with Crippen LogP contribution in [0.4, 0.5) is 0 Å². The lowest BCUT2D eigenvalue weighted by Gasteiger charge is -2.30. The molecule has 0 saturated carbocycles. The highest BCUT2D eigenvalue weighted by atomic mass is 16.5. The number of benzene rings is 2. The molecule has 0 spiro atoms. The first-order chi connectivity index (χ1) is 18.4. The third-order valence-electron chi connectivity index (χ3n) is 6.26. The molecule has 0 aliphatic carbocycles. The van der Waals surface area contributed by atoms with Crippen LogP contribution in [0.5, 0.6) is 0 Å². The number of methoxy groups -OCH3 is 1. The van der Waals surface area contributed by atoms with E-state index in [0.29, 0.717) is 33.7 Å². The molecule has 1 aliphatic rings. The molecule has 0 bridgehead atoms. The van der Waals surface area contributed by atoms with Crippen LogP contribution in [-0.2, 0) is 25.6 Å². The van der Waals surface area contributed by atoms with Gasteiger partial charge in [-0.15, -0.1) is 0 Å². The van der Waals surface area contributed by atoms with Crippen LogP contribution in [0.3, 0.4) is 0 Å². The highest BCUT2D eigenvalue weighted by Gasteiger charge is 2.37. The molecule has 1 aromatic heterocycles. The second-order valence-electron chi connectivity index (χ2n) is 8.84. The lowest BCUT2D eigenvalue weighted by molar-refractivity contribution is -0.138. The second-order valence-corrected chi connectivity index (χ2v) is 8.84. The highest BCUT2D eigenvalue weighted by molar-refractivity contribution is 5.99. The largest absolute Gasteiger partial charge is 0.466 e. The van der Waals surface area contributed by atoms with Crippen LogP contribution >= 0.6 is 0 Å². The quantitative estimate of drug-likeness (QED) is 0.448. The number of nitrogens with one attached hydrogen (secondary N) is 1. The Bertz CT molecular complexity index is 1460. The van der Waals surface area contributed by atoms with Crippen LogP contribution in [0.15, 0.2) is 95.9 Å². The Labute approximate surface area is 221 Å². The first kappa shape index (κ1) is 26.2. The van der Waals surface area contributed by atoms with Crippen LogP contribution in [0, 0.1) is 11.3 Å². The van der Waals surface area contributed by atoms with Crippen LogP contribution in [-0.4, -0.2) is 35.2 Å². The molecule has 0 saturated heterocycles. The summed E-state index contributed by atoms with van der Waals surface area (Å²) in [6, 6.07) is 17.0. The van der Waals surface area contributed by atoms with E-state index in [1.807, 2.05) is 41.1 Å². The number of nitrogens with zero attached hydrogens (tertiary/aromatic N) is 3. The van der Waals surface area contributed by atoms with E-state index in [4.69, 9.17) is 9.47 Å². The SMILES string of the molecule is COC(=O)C1=C(C)NC(C)=C(C(=O)OCC=Cc2ccc(Cn3ccnc3)cc2)C1c1cccc(C#N)c1. The van der Waals surface area contributed by atoms with Gasteiger partial charge in [0, 0.05) is 30.3 Å². The number of aromatic nitrogens is 2. The minimum absolute atomic E-state index is 0.0492. The maximum absolute atomic E-state index is 13.3. The van der Waals surface area contributed by atoms with Gasteiger partial charge in [0.2, 0.25) is 0 Å². The smallest absolute Gasteiger partial charge is 0.337 e. The molecule has 2 heterocycles. The third-order valence-corrected chi connectivity index (χ3v) is 6.26. The summed E-state index contributed by atoms with van der Waals surface area (Å²) >= 11 is 0.